The van der Waals surface area contributed by atoms with Crippen molar-refractivity contribution in [3.63, 3.8) is 0 Å². The van der Waals surface area contributed by atoms with Crippen LogP contribution < -0.4 is 0 Å². The second-order valence-electron chi connectivity index (χ2n) is 1.70. The van der Waals surface area contributed by atoms with Crippen LogP contribution in [-0.4, -0.2) is 0 Å². The standard InChI is InChI=1S/C8H7I/c9-7-6-8-4-2-1-3-5-8/h1-7H/b7-6+. The molecule has 1 aromatic rings. The molecule has 1 aromatic carbocycles. The number of halogens is 1. The summed E-state index contributed by atoms with van der Waals surface area (Å²) in [6.07, 6.45) is 2.07. The summed E-state index contributed by atoms with van der Waals surface area (Å²) in [5.74, 6) is 0. The third kappa shape index (κ3) is 2.18. The summed E-state index contributed by atoms with van der Waals surface area (Å²) in [6, 6.07) is 10.2. The summed E-state index contributed by atoms with van der Waals surface area (Å²) in [7, 11) is 0. The molecule has 0 aliphatic carbocycles. The van der Waals surface area contributed by atoms with Gasteiger partial charge in [0.1, 0.15) is 0 Å². The minimum atomic E-state index is 1.26. The number of benzene rings is 1. The van der Waals surface area contributed by atoms with Gasteiger partial charge >= 0.3 is 0 Å². The predicted molar refractivity (Wildman–Crippen MR) is 49.5 cm³/mol. The van der Waals surface area contributed by atoms with Crippen molar-refractivity contribution < 1.29 is 0 Å². The van der Waals surface area contributed by atoms with E-state index in [1.807, 2.05) is 22.3 Å². The Morgan fingerprint density at radius 2 is 1.78 bits per heavy atom. The fraction of sp³-hybridized carbons (Fsp3) is 0. The summed E-state index contributed by atoms with van der Waals surface area (Å²) < 4.78 is 2.01. The molecular weight excluding hydrogens is 223 g/mol. The van der Waals surface area contributed by atoms with E-state index in [1.165, 1.54) is 5.56 Å². The minimum Gasteiger partial charge on any atom is -0.0622 e. The van der Waals surface area contributed by atoms with Gasteiger partial charge in [-0.05, 0) is 15.7 Å². The van der Waals surface area contributed by atoms with Crippen LogP contribution in [0, 0.1) is 0 Å². The predicted octanol–water partition coefficient (Wildman–Crippen LogP) is 3.09. The first-order chi connectivity index (χ1) is 4.43. The summed E-state index contributed by atoms with van der Waals surface area (Å²) >= 11 is 2.21. The van der Waals surface area contributed by atoms with E-state index < -0.39 is 0 Å². The van der Waals surface area contributed by atoms with Crippen molar-refractivity contribution >= 4 is 28.7 Å². The molecule has 0 N–H and O–H groups in total. The van der Waals surface area contributed by atoms with E-state index in [9.17, 15) is 0 Å². The lowest BCUT2D eigenvalue weighted by Crippen LogP contribution is -1.64. The minimum absolute atomic E-state index is 1.26. The van der Waals surface area contributed by atoms with E-state index >= 15 is 0 Å². The summed E-state index contributed by atoms with van der Waals surface area (Å²) in [5.41, 5.74) is 1.26. The van der Waals surface area contributed by atoms with Gasteiger partial charge in [-0.1, -0.05) is 52.9 Å². The van der Waals surface area contributed by atoms with Crippen LogP contribution in [0.15, 0.2) is 34.4 Å². The molecule has 1 heteroatoms. The first kappa shape index (κ1) is 6.81. The second kappa shape index (κ2) is 3.67. The first-order valence-electron chi connectivity index (χ1n) is 2.75. The normalized spacial score (nSPS) is 10.3. The Morgan fingerprint density at radius 1 is 1.11 bits per heavy atom. The Morgan fingerprint density at radius 3 is 2.33 bits per heavy atom. The molecule has 0 saturated carbocycles. The lowest BCUT2D eigenvalue weighted by molar-refractivity contribution is 1.67. The fourth-order valence-corrected chi connectivity index (χ4v) is 1.05. The molecule has 0 nitrogen and oxygen atoms in total. The zero-order chi connectivity index (χ0) is 6.53. The zero-order valence-electron chi connectivity index (χ0n) is 4.92. The molecule has 0 unspecified atom stereocenters. The van der Waals surface area contributed by atoms with E-state index in [0.717, 1.165) is 0 Å². The quantitative estimate of drug-likeness (QED) is 0.650. The van der Waals surface area contributed by atoms with E-state index in [1.54, 1.807) is 0 Å². The van der Waals surface area contributed by atoms with Crippen molar-refractivity contribution in [1.82, 2.24) is 0 Å². The maximum absolute atomic E-state index is 2.21. The second-order valence-corrected chi connectivity index (χ2v) is 2.42. The molecule has 0 aliphatic heterocycles. The highest BCUT2D eigenvalue weighted by molar-refractivity contribution is 14.1. The maximum Gasteiger partial charge on any atom is -0.0228 e. The SMILES string of the molecule is I/C=C/c1ccccc1. The number of hydrogen-bond acceptors (Lipinski definition) is 0. The molecule has 9 heavy (non-hydrogen) atoms. The van der Waals surface area contributed by atoms with Gasteiger partial charge in [0.05, 0.1) is 0 Å². The van der Waals surface area contributed by atoms with Crippen LogP contribution in [0.3, 0.4) is 0 Å². The van der Waals surface area contributed by atoms with Crippen LogP contribution in [0.25, 0.3) is 6.08 Å². The Kier molecular flexibility index (Phi) is 2.77. The van der Waals surface area contributed by atoms with Crippen LogP contribution >= 0.6 is 22.6 Å². The molecule has 0 saturated heterocycles. The summed E-state index contributed by atoms with van der Waals surface area (Å²) in [5, 5.41) is 0. The third-order valence-corrected chi connectivity index (χ3v) is 1.41. The van der Waals surface area contributed by atoms with E-state index in [4.69, 9.17) is 0 Å². The van der Waals surface area contributed by atoms with Gasteiger partial charge in [-0.2, -0.15) is 0 Å². The largest absolute Gasteiger partial charge is 0.0622 e. The monoisotopic (exact) mass is 230 g/mol. The first-order valence-corrected chi connectivity index (χ1v) is 4.00. The molecule has 0 fully saturated rings. The van der Waals surface area contributed by atoms with Gasteiger partial charge in [0.2, 0.25) is 0 Å². The van der Waals surface area contributed by atoms with Gasteiger partial charge in [-0.15, -0.1) is 0 Å². The topological polar surface area (TPSA) is 0 Å². The lowest BCUT2D eigenvalue weighted by Gasteiger charge is -1.86. The highest BCUT2D eigenvalue weighted by Gasteiger charge is 1.78. The molecule has 0 aliphatic rings. The highest BCUT2D eigenvalue weighted by atomic mass is 127. The van der Waals surface area contributed by atoms with Crippen LogP contribution in [0.1, 0.15) is 5.56 Å². The van der Waals surface area contributed by atoms with E-state index in [2.05, 4.69) is 40.8 Å². The van der Waals surface area contributed by atoms with Crippen molar-refractivity contribution in [1.29, 1.82) is 0 Å². The van der Waals surface area contributed by atoms with Gasteiger partial charge < -0.3 is 0 Å². The molecule has 1 rings (SSSR count). The van der Waals surface area contributed by atoms with Gasteiger partial charge in [0.25, 0.3) is 0 Å². The molecule has 0 bridgehead atoms. The number of rotatable bonds is 1. The average molecular weight is 230 g/mol. The number of hydrogen-bond donors (Lipinski definition) is 0. The summed E-state index contributed by atoms with van der Waals surface area (Å²) in [4.78, 5) is 0. The zero-order valence-corrected chi connectivity index (χ0v) is 7.08. The van der Waals surface area contributed by atoms with Crippen molar-refractivity contribution in [3.8, 4) is 0 Å². The molecule has 0 atom stereocenters. The van der Waals surface area contributed by atoms with Crippen LogP contribution in [0.2, 0.25) is 0 Å². The Bertz CT molecular complexity index is 189. The molecular formula is C8H7I. The van der Waals surface area contributed by atoms with Gasteiger partial charge in [0, 0.05) is 0 Å². The average Bonchev–Trinajstić information content (AvgIpc) is 1.91. The third-order valence-electron chi connectivity index (χ3n) is 1.06. The van der Waals surface area contributed by atoms with Crippen molar-refractivity contribution in [3.05, 3.63) is 40.0 Å². The van der Waals surface area contributed by atoms with Crippen molar-refractivity contribution in [2.45, 2.75) is 0 Å². The van der Waals surface area contributed by atoms with Crippen LogP contribution in [0.5, 0.6) is 0 Å². The fourth-order valence-electron chi connectivity index (χ4n) is 0.637. The molecule has 0 spiro atoms. The van der Waals surface area contributed by atoms with Crippen molar-refractivity contribution in [2.24, 2.45) is 0 Å². The van der Waals surface area contributed by atoms with Crippen LogP contribution in [0.4, 0.5) is 0 Å². The van der Waals surface area contributed by atoms with E-state index in [0.29, 0.717) is 0 Å². The molecule has 0 aromatic heterocycles. The highest BCUT2D eigenvalue weighted by Crippen LogP contribution is 2.01. The Hall–Kier alpha value is -0.310. The lowest BCUT2D eigenvalue weighted by atomic mass is 10.2. The summed E-state index contributed by atoms with van der Waals surface area (Å²) in [6.45, 7) is 0. The molecule has 0 radical (unpaired) electrons. The van der Waals surface area contributed by atoms with Gasteiger partial charge in [-0.3, -0.25) is 0 Å². The Balaban J connectivity index is 2.85. The van der Waals surface area contributed by atoms with Crippen LogP contribution in [-0.2, 0) is 0 Å². The van der Waals surface area contributed by atoms with Gasteiger partial charge in [0.15, 0.2) is 0 Å². The van der Waals surface area contributed by atoms with Crippen molar-refractivity contribution in [2.75, 3.05) is 0 Å². The Labute approximate surface area is 68.7 Å². The molecule has 46 valence electrons. The molecule has 0 heterocycles. The molecule has 0 amide bonds. The smallest absolute Gasteiger partial charge is 0.0228 e. The van der Waals surface area contributed by atoms with Gasteiger partial charge in [-0.25, -0.2) is 0 Å². The van der Waals surface area contributed by atoms with E-state index in [-0.39, 0.29) is 0 Å². The maximum atomic E-state index is 2.21.